The maximum atomic E-state index is 12.2. The predicted octanol–water partition coefficient (Wildman–Crippen LogP) is 4.18. The van der Waals surface area contributed by atoms with Gasteiger partial charge in [-0.2, -0.15) is 0 Å². The number of hydrogen-bond acceptors (Lipinski definition) is 9. The highest BCUT2D eigenvalue weighted by Crippen LogP contribution is 2.29. The molecule has 1 aromatic rings. The zero-order valence-corrected chi connectivity index (χ0v) is 25.9. The Balaban J connectivity index is 0.000000263. The number of nitrogens with zero attached hydrogens (tertiary/aromatic N) is 3. The molecule has 2 amide bonds. The Labute approximate surface area is 245 Å². The van der Waals surface area contributed by atoms with Gasteiger partial charge in [-0.1, -0.05) is 0 Å². The van der Waals surface area contributed by atoms with E-state index in [0.717, 1.165) is 69.9 Å². The summed E-state index contributed by atoms with van der Waals surface area (Å²) in [4.78, 5) is 32.0. The minimum absolute atomic E-state index is 0.208. The molecular formula is C30H51N5O6. The van der Waals surface area contributed by atoms with E-state index in [2.05, 4.69) is 10.3 Å². The van der Waals surface area contributed by atoms with Crippen molar-refractivity contribution in [3.63, 3.8) is 0 Å². The summed E-state index contributed by atoms with van der Waals surface area (Å²) in [6, 6.07) is 1.93. The topological polar surface area (TPSA) is 128 Å². The lowest BCUT2D eigenvalue weighted by atomic mass is 9.98. The van der Waals surface area contributed by atoms with Crippen molar-refractivity contribution < 1.29 is 28.5 Å². The van der Waals surface area contributed by atoms with Gasteiger partial charge in [0.1, 0.15) is 24.4 Å². The Morgan fingerprint density at radius 1 is 0.927 bits per heavy atom. The summed E-state index contributed by atoms with van der Waals surface area (Å²) in [6.45, 7) is 17.7. The van der Waals surface area contributed by atoms with Crippen molar-refractivity contribution >= 4 is 12.2 Å². The number of pyridine rings is 1. The van der Waals surface area contributed by atoms with Gasteiger partial charge in [-0.15, -0.1) is 0 Å². The molecule has 232 valence electrons. The zero-order valence-electron chi connectivity index (χ0n) is 25.9. The number of amides is 2. The van der Waals surface area contributed by atoms with Gasteiger partial charge in [0.05, 0.1) is 11.9 Å². The minimum Gasteiger partial charge on any atom is -0.486 e. The van der Waals surface area contributed by atoms with E-state index in [0.29, 0.717) is 43.9 Å². The molecule has 0 aromatic carbocycles. The number of nitrogens with one attached hydrogen (secondary N) is 1. The van der Waals surface area contributed by atoms with Crippen molar-refractivity contribution in [2.75, 3.05) is 52.5 Å². The number of piperidine rings is 2. The van der Waals surface area contributed by atoms with Crippen LogP contribution in [-0.4, -0.2) is 90.7 Å². The lowest BCUT2D eigenvalue weighted by molar-refractivity contribution is 0.0158. The highest BCUT2D eigenvalue weighted by atomic mass is 16.6. The van der Waals surface area contributed by atoms with Crippen LogP contribution in [0.25, 0.3) is 0 Å². The van der Waals surface area contributed by atoms with E-state index in [-0.39, 0.29) is 12.2 Å². The molecule has 3 aliphatic rings. The first-order valence-corrected chi connectivity index (χ1v) is 14.9. The fraction of sp³-hybridized carbons (Fsp3) is 0.767. The maximum absolute atomic E-state index is 12.2. The van der Waals surface area contributed by atoms with E-state index in [9.17, 15) is 9.59 Å². The quantitative estimate of drug-likeness (QED) is 0.529. The molecule has 0 bridgehead atoms. The highest BCUT2D eigenvalue weighted by Gasteiger charge is 2.28. The number of aromatic nitrogens is 1. The third-order valence-electron chi connectivity index (χ3n) is 6.90. The van der Waals surface area contributed by atoms with Crippen molar-refractivity contribution in [3.8, 4) is 11.5 Å². The van der Waals surface area contributed by atoms with Crippen LogP contribution < -0.4 is 20.5 Å². The van der Waals surface area contributed by atoms with E-state index >= 15 is 0 Å². The molecule has 3 aliphatic heterocycles. The summed E-state index contributed by atoms with van der Waals surface area (Å²) in [5.74, 6) is 2.33. The van der Waals surface area contributed by atoms with Crippen LogP contribution in [0.2, 0.25) is 0 Å². The first-order valence-electron chi connectivity index (χ1n) is 14.9. The number of likely N-dealkylation sites (tertiary alicyclic amines) is 2. The number of hydrogen-bond donors (Lipinski definition) is 2. The van der Waals surface area contributed by atoms with Crippen LogP contribution in [0.1, 0.15) is 72.9 Å². The highest BCUT2D eigenvalue weighted by molar-refractivity contribution is 5.68. The van der Waals surface area contributed by atoms with E-state index in [4.69, 9.17) is 24.7 Å². The SMILES string of the molecule is CC(C)(C)OC(=O)N1CCCC(CN)C1.CC(C)(C)OC(=O)N1CCCC(CNCc2cc3c(cn2)OCCO3)C1. The molecule has 41 heavy (non-hydrogen) atoms. The Morgan fingerprint density at radius 3 is 2.02 bits per heavy atom. The summed E-state index contributed by atoms with van der Waals surface area (Å²) in [6.07, 6.45) is 5.57. The van der Waals surface area contributed by atoms with Crippen LogP contribution >= 0.6 is 0 Å². The molecular weight excluding hydrogens is 526 g/mol. The van der Waals surface area contributed by atoms with Gasteiger partial charge in [-0.3, -0.25) is 4.98 Å². The van der Waals surface area contributed by atoms with Crippen molar-refractivity contribution in [1.82, 2.24) is 20.1 Å². The summed E-state index contributed by atoms with van der Waals surface area (Å²) in [5.41, 5.74) is 5.68. The molecule has 4 heterocycles. The number of ether oxygens (including phenoxy) is 4. The molecule has 1 aromatic heterocycles. The average molecular weight is 578 g/mol. The molecule has 0 saturated carbocycles. The molecule has 2 atom stereocenters. The Morgan fingerprint density at radius 2 is 1.46 bits per heavy atom. The number of carbonyl (C=O) groups excluding carboxylic acids is 2. The van der Waals surface area contributed by atoms with Gasteiger partial charge in [-0.05, 0) is 85.6 Å². The molecule has 4 rings (SSSR count). The van der Waals surface area contributed by atoms with Gasteiger partial charge in [0, 0.05) is 45.3 Å². The second-order valence-electron chi connectivity index (χ2n) is 13.1. The maximum Gasteiger partial charge on any atom is 0.410 e. The fourth-order valence-electron chi connectivity index (χ4n) is 4.96. The van der Waals surface area contributed by atoms with Crippen LogP contribution in [0.5, 0.6) is 11.5 Å². The van der Waals surface area contributed by atoms with Crippen molar-refractivity contribution in [2.45, 2.75) is 85.0 Å². The molecule has 2 saturated heterocycles. The monoisotopic (exact) mass is 577 g/mol. The van der Waals surface area contributed by atoms with E-state index in [1.807, 2.05) is 52.5 Å². The van der Waals surface area contributed by atoms with Crippen LogP contribution in [0.3, 0.4) is 0 Å². The number of carbonyl (C=O) groups is 2. The fourth-order valence-corrected chi connectivity index (χ4v) is 4.96. The lowest BCUT2D eigenvalue weighted by Crippen LogP contribution is -2.45. The van der Waals surface area contributed by atoms with E-state index in [1.165, 1.54) is 0 Å². The Kier molecular flexibility index (Phi) is 11.9. The van der Waals surface area contributed by atoms with E-state index < -0.39 is 11.2 Å². The van der Waals surface area contributed by atoms with Gasteiger partial charge in [0.25, 0.3) is 0 Å². The van der Waals surface area contributed by atoms with Crippen LogP contribution in [0.4, 0.5) is 9.59 Å². The van der Waals surface area contributed by atoms with Crippen molar-refractivity contribution in [1.29, 1.82) is 0 Å². The summed E-state index contributed by atoms with van der Waals surface area (Å²) < 4.78 is 21.9. The molecule has 0 aliphatic carbocycles. The first-order chi connectivity index (χ1) is 19.3. The third-order valence-corrected chi connectivity index (χ3v) is 6.90. The molecule has 2 unspecified atom stereocenters. The van der Waals surface area contributed by atoms with Crippen molar-refractivity contribution in [3.05, 3.63) is 18.0 Å². The first kappa shape index (κ1) is 32.7. The van der Waals surface area contributed by atoms with Crippen LogP contribution in [0.15, 0.2) is 12.3 Å². The normalized spacial score (nSPS) is 21.0. The molecule has 2 fully saturated rings. The number of rotatable bonds is 5. The van der Waals surface area contributed by atoms with Gasteiger partial charge in [-0.25, -0.2) is 9.59 Å². The molecule has 3 N–H and O–H groups in total. The second-order valence-corrected chi connectivity index (χ2v) is 13.1. The van der Waals surface area contributed by atoms with Crippen LogP contribution in [-0.2, 0) is 16.0 Å². The molecule has 0 spiro atoms. The second kappa shape index (κ2) is 14.9. The largest absolute Gasteiger partial charge is 0.486 e. The lowest BCUT2D eigenvalue weighted by Gasteiger charge is -2.34. The number of fused-ring (bicyclic) bond motifs is 1. The minimum atomic E-state index is -0.452. The molecule has 11 heteroatoms. The van der Waals surface area contributed by atoms with Crippen LogP contribution in [0, 0.1) is 11.8 Å². The standard InChI is InChI=1S/C19H29N3O4.C11H22N2O2/c1-19(2,3)26-18(23)22-6-4-5-14(13-22)10-20-11-15-9-16-17(12-21-15)25-8-7-24-16;1-11(2,3)15-10(14)13-6-4-5-9(7-12)8-13/h9,12,14,20H,4-8,10-11,13H2,1-3H3;9H,4-8,12H2,1-3H3. The van der Waals surface area contributed by atoms with Gasteiger partial charge in [0.2, 0.25) is 0 Å². The zero-order chi connectivity index (χ0) is 30.0. The third kappa shape index (κ3) is 11.5. The Bertz CT molecular complexity index is 993. The molecule has 0 radical (unpaired) electrons. The summed E-state index contributed by atoms with van der Waals surface area (Å²) in [5, 5.41) is 3.45. The summed E-state index contributed by atoms with van der Waals surface area (Å²) in [7, 11) is 0. The molecule has 11 nitrogen and oxygen atoms in total. The smallest absolute Gasteiger partial charge is 0.410 e. The van der Waals surface area contributed by atoms with E-state index in [1.54, 1.807) is 11.1 Å². The average Bonchev–Trinajstić information content (AvgIpc) is 2.92. The van der Waals surface area contributed by atoms with Gasteiger partial charge >= 0.3 is 12.2 Å². The van der Waals surface area contributed by atoms with Gasteiger partial charge in [0.15, 0.2) is 11.5 Å². The van der Waals surface area contributed by atoms with Crippen molar-refractivity contribution in [2.24, 2.45) is 17.6 Å². The van der Waals surface area contributed by atoms with Gasteiger partial charge < -0.3 is 39.8 Å². The number of nitrogens with two attached hydrogens (primary N) is 1. The summed E-state index contributed by atoms with van der Waals surface area (Å²) >= 11 is 0. The Hall–Kier alpha value is -2.79. The predicted molar refractivity (Wildman–Crippen MR) is 157 cm³/mol.